The Morgan fingerprint density at radius 2 is 2.11 bits per heavy atom. The fourth-order valence-electron chi connectivity index (χ4n) is 2.02. The van der Waals surface area contributed by atoms with Crippen LogP contribution in [0.2, 0.25) is 0 Å². The largest absolute Gasteiger partial charge is 0.398 e. The predicted octanol–water partition coefficient (Wildman–Crippen LogP) is 4.16. The summed E-state index contributed by atoms with van der Waals surface area (Å²) in [6, 6.07) is 10.9. The van der Waals surface area contributed by atoms with Crippen LogP contribution < -0.4 is 5.73 Å². The zero-order valence-corrected chi connectivity index (χ0v) is 13.7. The highest BCUT2D eigenvalue weighted by molar-refractivity contribution is 9.10. The normalized spacial score (nSPS) is 12.8. The van der Waals surface area contributed by atoms with E-state index in [1.54, 1.807) is 0 Å². The highest BCUT2D eigenvalue weighted by Gasteiger charge is 2.13. The molecule has 0 amide bonds. The molecule has 1 heterocycles. The van der Waals surface area contributed by atoms with E-state index in [1.807, 2.05) is 23.5 Å². The molecule has 1 aromatic carbocycles. The summed E-state index contributed by atoms with van der Waals surface area (Å²) >= 11 is 5.39. The first-order chi connectivity index (χ1) is 9.08. The molecule has 2 rings (SSSR count). The van der Waals surface area contributed by atoms with Gasteiger partial charge in [0, 0.05) is 27.6 Å². The molecule has 0 saturated carbocycles. The van der Waals surface area contributed by atoms with Crippen molar-refractivity contribution in [1.82, 2.24) is 4.90 Å². The highest BCUT2D eigenvalue weighted by atomic mass is 79.9. The van der Waals surface area contributed by atoms with Gasteiger partial charge in [-0.3, -0.25) is 4.90 Å². The molecular formula is C15H19BrN2S. The molecule has 0 aliphatic rings. The SMILES string of the molecule is CC(Cc1cccs1)N(C)Cc1cccc(N)c1Br. The van der Waals surface area contributed by atoms with Crippen LogP contribution in [-0.2, 0) is 13.0 Å². The van der Waals surface area contributed by atoms with Crippen molar-refractivity contribution in [3.63, 3.8) is 0 Å². The molecule has 1 aromatic heterocycles. The van der Waals surface area contributed by atoms with Crippen LogP contribution in [0.5, 0.6) is 0 Å². The second-order valence-electron chi connectivity index (χ2n) is 4.87. The maximum absolute atomic E-state index is 5.92. The van der Waals surface area contributed by atoms with E-state index in [9.17, 15) is 0 Å². The van der Waals surface area contributed by atoms with Gasteiger partial charge in [0.15, 0.2) is 0 Å². The quantitative estimate of drug-likeness (QED) is 0.829. The summed E-state index contributed by atoms with van der Waals surface area (Å²) in [6.07, 6.45) is 1.09. The number of hydrogen-bond acceptors (Lipinski definition) is 3. The van der Waals surface area contributed by atoms with Gasteiger partial charge >= 0.3 is 0 Å². The third-order valence-corrected chi connectivity index (χ3v) is 5.22. The number of rotatable bonds is 5. The standard InChI is InChI=1S/C15H19BrN2S/c1-11(9-13-6-4-8-19-13)18(2)10-12-5-3-7-14(17)15(12)16/h3-8,11H,9-10,17H2,1-2H3. The van der Waals surface area contributed by atoms with Crippen molar-refractivity contribution in [2.24, 2.45) is 0 Å². The van der Waals surface area contributed by atoms with Gasteiger partial charge in [-0.25, -0.2) is 0 Å². The molecule has 0 bridgehead atoms. The smallest absolute Gasteiger partial charge is 0.0461 e. The molecule has 102 valence electrons. The second-order valence-corrected chi connectivity index (χ2v) is 6.69. The Balaban J connectivity index is 2.00. The number of nitrogens with zero attached hydrogens (tertiary/aromatic N) is 1. The molecule has 4 heteroatoms. The fraction of sp³-hybridized carbons (Fsp3) is 0.333. The third kappa shape index (κ3) is 3.81. The number of halogens is 1. The number of likely N-dealkylation sites (N-methyl/N-ethyl adjacent to an activating group) is 1. The number of nitrogen functional groups attached to an aromatic ring is 1. The molecule has 1 unspecified atom stereocenters. The number of hydrogen-bond donors (Lipinski definition) is 1. The molecule has 0 saturated heterocycles. The zero-order valence-electron chi connectivity index (χ0n) is 11.3. The van der Waals surface area contributed by atoms with E-state index in [2.05, 4.69) is 58.4 Å². The first-order valence-corrected chi connectivity index (χ1v) is 8.00. The van der Waals surface area contributed by atoms with Crippen LogP contribution in [0.15, 0.2) is 40.2 Å². The van der Waals surface area contributed by atoms with Crippen LogP contribution >= 0.6 is 27.3 Å². The molecule has 2 N–H and O–H groups in total. The third-order valence-electron chi connectivity index (χ3n) is 3.36. The molecule has 0 fully saturated rings. The molecule has 0 aliphatic carbocycles. The lowest BCUT2D eigenvalue weighted by molar-refractivity contribution is 0.248. The molecular weight excluding hydrogens is 320 g/mol. The van der Waals surface area contributed by atoms with Gasteiger partial charge in [0.25, 0.3) is 0 Å². The van der Waals surface area contributed by atoms with Gasteiger partial charge < -0.3 is 5.73 Å². The highest BCUT2D eigenvalue weighted by Crippen LogP contribution is 2.25. The van der Waals surface area contributed by atoms with Crippen molar-refractivity contribution < 1.29 is 0 Å². The van der Waals surface area contributed by atoms with Crippen molar-refractivity contribution in [2.75, 3.05) is 12.8 Å². The lowest BCUT2D eigenvalue weighted by Gasteiger charge is -2.25. The summed E-state index contributed by atoms with van der Waals surface area (Å²) in [5.41, 5.74) is 7.96. The summed E-state index contributed by atoms with van der Waals surface area (Å²) in [5.74, 6) is 0. The van der Waals surface area contributed by atoms with E-state index in [1.165, 1.54) is 10.4 Å². The van der Waals surface area contributed by atoms with E-state index < -0.39 is 0 Å². The molecule has 1 atom stereocenters. The van der Waals surface area contributed by atoms with Gasteiger partial charge in [-0.2, -0.15) is 0 Å². The Bertz CT molecular complexity index is 525. The summed E-state index contributed by atoms with van der Waals surface area (Å²) < 4.78 is 1.02. The van der Waals surface area contributed by atoms with Gasteiger partial charge in [0.05, 0.1) is 0 Å². The molecule has 2 aromatic rings. The topological polar surface area (TPSA) is 29.3 Å². The molecule has 0 aliphatic heterocycles. The van der Waals surface area contributed by atoms with Crippen LogP contribution in [0.3, 0.4) is 0 Å². The van der Waals surface area contributed by atoms with Crippen molar-refractivity contribution in [1.29, 1.82) is 0 Å². The van der Waals surface area contributed by atoms with Crippen molar-refractivity contribution >= 4 is 33.0 Å². The zero-order chi connectivity index (χ0) is 13.8. The number of benzene rings is 1. The minimum Gasteiger partial charge on any atom is -0.398 e. The molecule has 19 heavy (non-hydrogen) atoms. The molecule has 0 radical (unpaired) electrons. The van der Waals surface area contributed by atoms with Gasteiger partial charge in [-0.1, -0.05) is 18.2 Å². The van der Waals surface area contributed by atoms with Crippen molar-refractivity contribution in [2.45, 2.75) is 25.9 Å². The molecule has 2 nitrogen and oxygen atoms in total. The van der Waals surface area contributed by atoms with Crippen LogP contribution in [0.25, 0.3) is 0 Å². The Kier molecular flexibility index (Phi) is 5.02. The number of thiophene rings is 1. The lowest BCUT2D eigenvalue weighted by Crippen LogP contribution is -2.30. The van der Waals surface area contributed by atoms with Crippen molar-refractivity contribution in [3.8, 4) is 0 Å². The average Bonchev–Trinajstić information content (AvgIpc) is 2.87. The van der Waals surface area contributed by atoms with Gasteiger partial charge in [0.2, 0.25) is 0 Å². The Hall–Kier alpha value is -0.840. The first kappa shape index (κ1) is 14.6. The fourth-order valence-corrected chi connectivity index (χ4v) is 3.24. The monoisotopic (exact) mass is 338 g/mol. The predicted molar refractivity (Wildman–Crippen MR) is 87.5 cm³/mol. The first-order valence-electron chi connectivity index (χ1n) is 6.33. The minimum atomic E-state index is 0.506. The van der Waals surface area contributed by atoms with Crippen LogP contribution in [0.4, 0.5) is 5.69 Å². The maximum atomic E-state index is 5.92. The molecule has 0 spiro atoms. The van der Waals surface area contributed by atoms with E-state index in [-0.39, 0.29) is 0 Å². The summed E-state index contributed by atoms with van der Waals surface area (Å²) in [7, 11) is 2.16. The average molecular weight is 339 g/mol. The van der Waals surface area contributed by atoms with Crippen LogP contribution in [-0.4, -0.2) is 18.0 Å². The Morgan fingerprint density at radius 1 is 1.32 bits per heavy atom. The summed E-state index contributed by atoms with van der Waals surface area (Å²) in [4.78, 5) is 3.80. The number of anilines is 1. The number of nitrogens with two attached hydrogens (primary N) is 1. The van der Waals surface area contributed by atoms with Gasteiger partial charge in [-0.15, -0.1) is 11.3 Å². The summed E-state index contributed by atoms with van der Waals surface area (Å²) in [5, 5.41) is 2.14. The Labute approximate surface area is 127 Å². The summed E-state index contributed by atoms with van der Waals surface area (Å²) in [6.45, 7) is 3.16. The second kappa shape index (κ2) is 6.55. The Morgan fingerprint density at radius 3 is 2.79 bits per heavy atom. The van der Waals surface area contributed by atoms with E-state index in [4.69, 9.17) is 5.73 Å². The van der Waals surface area contributed by atoms with Gasteiger partial charge in [0.1, 0.15) is 0 Å². The van der Waals surface area contributed by atoms with E-state index >= 15 is 0 Å². The van der Waals surface area contributed by atoms with Crippen LogP contribution in [0, 0.1) is 0 Å². The van der Waals surface area contributed by atoms with E-state index in [0.717, 1.165) is 23.1 Å². The van der Waals surface area contributed by atoms with Gasteiger partial charge in [-0.05, 0) is 59.4 Å². The van der Waals surface area contributed by atoms with Crippen molar-refractivity contribution in [3.05, 3.63) is 50.6 Å². The minimum absolute atomic E-state index is 0.506. The van der Waals surface area contributed by atoms with E-state index in [0.29, 0.717) is 6.04 Å². The lowest BCUT2D eigenvalue weighted by atomic mass is 10.1. The van der Waals surface area contributed by atoms with Crippen LogP contribution in [0.1, 0.15) is 17.4 Å². The maximum Gasteiger partial charge on any atom is 0.0461 e.